The van der Waals surface area contributed by atoms with Crippen LogP contribution in [-0.2, 0) is 47.4 Å². The van der Waals surface area contributed by atoms with Crippen molar-refractivity contribution in [3.63, 3.8) is 0 Å². The van der Waals surface area contributed by atoms with Gasteiger partial charge in [0.05, 0.1) is 12.7 Å². The number of ether oxygens (including phenoxy) is 10. The van der Waals surface area contributed by atoms with Crippen LogP contribution in [0.4, 0.5) is 9.59 Å². The Morgan fingerprint density at radius 3 is 1.36 bits per heavy atom. The monoisotopic (exact) mass is 862 g/mol. The lowest BCUT2D eigenvalue weighted by Gasteiger charge is -2.56. The number of thioether (sulfide) groups is 2. The third kappa shape index (κ3) is 9.34. The second kappa shape index (κ2) is 16.8. The predicted molar refractivity (Wildman–Crippen MR) is 219 cm³/mol. The van der Waals surface area contributed by atoms with E-state index < -0.39 is 76.0 Å². The van der Waals surface area contributed by atoms with Crippen molar-refractivity contribution in [3.8, 4) is 0 Å². The molecule has 0 radical (unpaired) electrons. The molecule has 4 saturated heterocycles. The normalized spacial score (nSPS) is 38.7. The molecule has 19 heteroatoms. The van der Waals surface area contributed by atoms with E-state index in [9.17, 15) is 14.7 Å². The fourth-order valence-electron chi connectivity index (χ4n) is 7.24. The number of amides is 2. The first kappa shape index (κ1) is 47.3. The van der Waals surface area contributed by atoms with Crippen LogP contribution in [0.3, 0.4) is 0 Å². The molecule has 12 atom stereocenters. The Bertz CT molecular complexity index is 1470. The Kier molecular flexibility index (Phi) is 13.7. The van der Waals surface area contributed by atoms with Crippen LogP contribution in [0, 0.1) is 0 Å². The van der Waals surface area contributed by atoms with Crippen LogP contribution in [0.1, 0.15) is 96.4 Å². The van der Waals surface area contributed by atoms with E-state index in [1.807, 2.05) is 83.1 Å². The maximum atomic E-state index is 12.5. The summed E-state index contributed by atoms with van der Waals surface area (Å²) in [6.07, 6.45) is -2.49. The average molecular weight is 863 g/mol. The standard InChI is InChI=1S/C20H34N2O6S.C19H32N2O7S/c1-10-11-13-14(27-20(7,24-9)19(5,6)26-13)12-15(25-11)29-16(21-12)22(8)17(23)28-18(2,3)4;1-17(2,3)28-16(23)21(7)15-20-11-13-12(10(9-22)25-14(11)29-15)26-18(4,5)19(6,24-8)27-13/h11-15H,10H2,1-9H3;10-14,22H,9H2,1-8H3/t11-,12-,13-,14-,15-,20+;10-,11-,12-,13-,14-,19+/m11/s1. The first-order valence-corrected chi connectivity index (χ1v) is 21.5. The lowest BCUT2D eigenvalue weighted by Crippen LogP contribution is -2.70. The molecule has 2 amide bonds. The van der Waals surface area contributed by atoms with Gasteiger partial charge < -0.3 is 52.5 Å². The number of hydrogen-bond acceptors (Lipinski definition) is 17. The summed E-state index contributed by atoms with van der Waals surface area (Å²) >= 11 is 2.72. The minimum absolute atomic E-state index is 0.129. The molecule has 1 N–H and O–H groups in total. The van der Waals surface area contributed by atoms with Crippen molar-refractivity contribution < 1.29 is 62.1 Å². The van der Waals surface area contributed by atoms with Gasteiger partial charge in [-0.2, -0.15) is 0 Å². The molecule has 6 aliphatic rings. The van der Waals surface area contributed by atoms with Crippen molar-refractivity contribution in [3.05, 3.63) is 0 Å². The molecule has 0 spiro atoms. The van der Waals surface area contributed by atoms with Gasteiger partial charge in [-0.05, 0) is 89.5 Å². The molecule has 4 fully saturated rings. The highest BCUT2D eigenvalue weighted by molar-refractivity contribution is 8.14. The summed E-state index contributed by atoms with van der Waals surface area (Å²) in [6, 6.07) is -0.725. The lowest BCUT2D eigenvalue weighted by molar-refractivity contribution is -0.404. The minimum atomic E-state index is -1.00. The molecule has 332 valence electrons. The zero-order chi connectivity index (χ0) is 43.6. The second-order valence-corrected chi connectivity index (χ2v) is 20.6. The number of aliphatic hydroxyl groups is 1. The minimum Gasteiger partial charge on any atom is -0.443 e. The summed E-state index contributed by atoms with van der Waals surface area (Å²) in [5.74, 6) is -1.93. The lowest BCUT2D eigenvalue weighted by atomic mass is 9.89. The van der Waals surface area contributed by atoms with Gasteiger partial charge in [-0.3, -0.25) is 19.8 Å². The van der Waals surface area contributed by atoms with Crippen molar-refractivity contribution >= 4 is 46.0 Å². The number of methoxy groups -OCH3 is 2. The van der Waals surface area contributed by atoms with Crippen molar-refractivity contribution in [1.29, 1.82) is 0 Å². The zero-order valence-corrected chi connectivity index (χ0v) is 38.8. The highest BCUT2D eigenvalue weighted by atomic mass is 32.2. The number of hydrogen-bond donors (Lipinski definition) is 1. The highest BCUT2D eigenvalue weighted by Crippen LogP contribution is 2.49. The van der Waals surface area contributed by atoms with E-state index in [0.717, 1.165) is 6.42 Å². The van der Waals surface area contributed by atoms with Gasteiger partial charge in [0, 0.05) is 28.3 Å². The number of aliphatic hydroxyl groups excluding tert-OH is 1. The van der Waals surface area contributed by atoms with E-state index in [-0.39, 0.29) is 36.4 Å². The zero-order valence-electron chi connectivity index (χ0n) is 37.1. The quantitative estimate of drug-likeness (QED) is 0.382. The second-order valence-electron chi connectivity index (χ2n) is 18.4. The van der Waals surface area contributed by atoms with E-state index >= 15 is 0 Å². The molecule has 0 unspecified atom stereocenters. The molecule has 0 saturated carbocycles. The largest absolute Gasteiger partial charge is 0.443 e. The van der Waals surface area contributed by atoms with Crippen LogP contribution in [0.2, 0.25) is 0 Å². The summed E-state index contributed by atoms with van der Waals surface area (Å²) in [6.45, 7) is 24.2. The van der Waals surface area contributed by atoms with Gasteiger partial charge in [0.15, 0.2) is 21.9 Å². The first-order valence-electron chi connectivity index (χ1n) is 19.8. The third-order valence-corrected chi connectivity index (χ3v) is 13.7. The fourth-order valence-corrected chi connectivity index (χ4v) is 9.59. The number of carbonyl (C=O) groups excluding carboxylic acids is 2. The molecule has 0 bridgehead atoms. The Labute approximate surface area is 351 Å². The highest BCUT2D eigenvalue weighted by Gasteiger charge is 2.63. The van der Waals surface area contributed by atoms with Gasteiger partial charge in [-0.15, -0.1) is 0 Å². The van der Waals surface area contributed by atoms with Crippen LogP contribution in [0.5, 0.6) is 0 Å². The van der Waals surface area contributed by atoms with Crippen LogP contribution in [-0.4, -0.2) is 166 Å². The summed E-state index contributed by atoms with van der Waals surface area (Å²) in [5, 5.41) is 10.9. The molecule has 0 aromatic heterocycles. The molecule has 0 aromatic carbocycles. The molecule has 0 aromatic rings. The van der Waals surface area contributed by atoms with Crippen molar-refractivity contribution in [1.82, 2.24) is 9.80 Å². The van der Waals surface area contributed by atoms with Crippen molar-refractivity contribution in [2.75, 3.05) is 34.9 Å². The molecular formula is C39H66N4O13S2. The van der Waals surface area contributed by atoms with Crippen LogP contribution in [0.25, 0.3) is 0 Å². The Balaban J connectivity index is 0.000000221. The summed E-state index contributed by atoms with van der Waals surface area (Å²) in [5.41, 5.74) is -3.29. The van der Waals surface area contributed by atoms with Crippen molar-refractivity contribution in [2.24, 2.45) is 9.98 Å². The SMILES string of the molecule is CC[C@H]1O[C@@H]2SC(N(C)C(=O)OC(C)(C)C)=N[C@@H]2[C@H]2O[C@](C)(OC)C(C)(C)O[C@@H]21.CO[C@@]1(C)O[C@@H]2[C@H]3N=C(N(C)C(=O)OC(C)(C)C)S[C@H]3O[C@H](CO)[C@H]2OC1(C)C. The topological polar surface area (TPSA) is 178 Å². The van der Waals surface area contributed by atoms with Crippen LogP contribution >= 0.6 is 23.5 Å². The van der Waals surface area contributed by atoms with E-state index in [0.29, 0.717) is 10.3 Å². The van der Waals surface area contributed by atoms with Gasteiger partial charge in [0.1, 0.15) is 75.9 Å². The molecule has 6 heterocycles. The molecule has 6 aliphatic heterocycles. The number of nitrogens with zero attached hydrogens (tertiary/aromatic N) is 4. The maximum absolute atomic E-state index is 12.5. The molecule has 17 nitrogen and oxygen atoms in total. The fraction of sp³-hybridized carbons (Fsp3) is 0.897. The Hall–Kier alpha value is -1.78. The summed E-state index contributed by atoms with van der Waals surface area (Å²) in [7, 11) is 6.46. The van der Waals surface area contributed by atoms with E-state index in [4.69, 9.17) is 57.4 Å². The average Bonchev–Trinajstić information content (AvgIpc) is 3.75. The van der Waals surface area contributed by atoms with Crippen LogP contribution in [0.15, 0.2) is 9.98 Å². The number of aliphatic imine (C=N–C) groups is 2. The predicted octanol–water partition coefficient (Wildman–Crippen LogP) is 5.35. The maximum Gasteiger partial charge on any atom is 0.416 e. The van der Waals surface area contributed by atoms with Gasteiger partial charge in [-0.25, -0.2) is 9.59 Å². The van der Waals surface area contributed by atoms with Crippen LogP contribution < -0.4 is 0 Å². The van der Waals surface area contributed by atoms with E-state index in [2.05, 4.69) is 6.92 Å². The number of amidine groups is 2. The van der Waals surface area contributed by atoms with Crippen molar-refractivity contribution in [2.45, 2.75) is 190 Å². The van der Waals surface area contributed by atoms with Gasteiger partial charge in [-0.1, -0.05) is 30.4 Å². The summed E-state index contributed by atoms with van der Waals surface area (Å²) in [4.78, 5) is 37.2. The summed E-state index contributed by atoms with van der Waals surface area (Å²) < 4.78 is 60.2. The van der Waals surface area contributed by atoms with Gasteiger partial charge in [0.2, 0.25) is 0 Å². The number of carbonyl (C=O) groups is 2. The third-order valence-electron chi connectivity index (χ3n) is 11.2. The Morgan fingerprint density at radius 1 is 0.672 bits per heavy atom. The number of rotatable bonds is 4. The first-order chi connectivity index (χ1) is 26.6. The Morgan fingerprint density at radius 2 is 1.03 bits per heavy atom. The van der Waals surface area contributed by atoms with Gasteiger partial charge >= 0.3 is 12.2 Å². The van der Waals surface area contributed by atoms with Gasteiger partial charge in [0.25, 0.3) is 0 Å². The van der Waals surface area contributed by atoms with E-state index in [1.54, 1.807) is 28.3 Å². The van der Waals surface area contributed by atoms with E-state index in [1.165, 1.54) is 33.3 Å². The molecular weight excluding hydrogens is 797 g/mol. The number of fused-ring (bicyclic) bond motifs is 6. The smallest absolute Gasteiger partial charge is 0.416 e. The molecule has 0 aliphatic carbocycles. The molecule has 58 heavy (non-hydrogen) atoms. The molecule has 6 rings (SSSR count).